The minimum absolute atomic E-state index is 0. The van der Waals surface area contributed by atoms with Crippen LogP contribution in [0.2, 0.25) is 0 Å². The van der Waals surface area contributed by atoms with E-state index < -0.39 is 5.79 Å². The van der Waals surface area contributed by atoms with Crippen LogP contribution in [0.1, 0.15) is 13.8 Å². The van der Waals surface area contributed by atoms with Gasteiger partial charge >= 0.3 is 29.6 Å². The maximum atomic E-state index is 10.3. The van der Waals surface area contributed by atoms with E-state index in [0.717, 1.165) is 0 Å². The molecular formula is C5H11NaO3. The van der Waals surface area contributed by atoms with Crippen LogP contribution in [0, 0.1) is 0 Å². The Morgan fingerprint density at radius 1 is 1.67 bits per heavy atom. The van der Waals surface area contributed by atoms with Crippen molar-refractivity contribution in [3.63, 3.8) is 0 Å². The number of aliphatic hydroxyl groups is 1. The molecule has 50 valence electrons. The Balaban J connectivity index is 0. The number of carbonyl (C=O) groups is 1. The first kappa shape index (κ1) is 12.3. The van der Waals surface area contributed by atoms with E-state index >= 15 is 0 Å². The van der Waals surface area contributed by atoms with Crippen molar-refractivity contribution in [2.75, 3.05) is 7.11 Å². The summed E-state index contributed by atoms with van der Waals surface area (Å²) in [6.45, 7) is 2.57. The third-order valence-electron chi connectivity index (χ3n) is 1.05. The predicted molar refractivity (Wildman–Crippen MR) is 35.5 cm³/mol. The van der Waals surface area contributed by atoms with Crippen LogP contribution in [0.4, 0.5) is 0 Å². The Morgan fingerprint density at radius 3 is 2.00 bits per heavy atom. The van der Waals surface area contributed by atoms with E-state index in [0.29, 0.717) is 0 Å². The molecule has 0 spiro atoms. The molecule has 0 radical (unpaired) electrons. The third-order valence-corrected chi connectivity index (χ3v) is 1.05. The first-order valence-electron chi connectivity index (χ1n) is 2.29. The third kappa shape index (κ3) is 4.06. The Bertz CT molecular complexity index is 100. The number of rotatable bonds is 2. The maximum absolute atomic E-state index is 10.3. The summed E-state index contributed by atoms with van der Waals surface area (Å²) >= 11 is 0. The number of methoxy groups -OCH3 is 1. The molecule has 0 heterocycles. The number of hydrogen-bond donors (Lipinski definition) is 1. The van der Waals surface area contributed by atoms with E-state index in [2.05, 4.69) is 4.74 Å². The molecule has 0 saturated heterocycles. The fraction of sp³-hybridized carbons (Fsp3) is 0.800. The van der Waals surface area contributed by atoms with E-state index in [9.17, 15) is 4.79 Å². The first-order chi connectivity index (χ1) is 3.50. The molecule has 0 fully saturated rings. The van der Waals surface area contributed by atoms with Crippen molar-refractivity contribution >= 4 is 35.3 Å². The number of ketones is 1. The van der Waals surface area contributed by atoms with Gasteiger partial charge in [-0.15, -0.1) is 0 Å². The standard InChI is InChI=1S/C5H10O3.Na.H/c1-4(6)5(2,7)8-3;;/h7H,1-3H3;;. The molecule has 0 bridgehead atoms. The molecule has 0 aromatic rings. The zero-order valence-electron chi connectivity index (χ0n) is 5.26. The van der Waals surface area contributed by atoms with E-state index in [-0.39, 0.29) is 35.3 Å². The summed E-state index contributed by atoms with van der Waals surface area (Å²) in [4.78, 5) is 10.3. The molecule has 1 N–H and O–H groups in total. The van der Waals surface area contributed by atoms with Gasteiger partial charge in [0, 0.05) is 14.0 Å². The van der Waals surface area contributed by atoms with E-state index in [4.69, 9.17) is 5.11 Å². The van der Waals surface area contributed by atoms with Gasteiger partial charge in [-0.1, -0.05) is 0 Å². The first-order valence-corrected chi connectivity index (χ1v) is 2.29. The van der Waals surface area contributed by atoms with Crippen LogP contribution in [-0.2, 0) is 9.53 Å². The normalized spacial score (nSPS) is 15.6. The molecule has 0 rings (SSSR count). The van der Waals surface area contributed by atoms with Gasteiger partial charge in [-0.2, -0.15) is 0 Å². The molecule has 0 aliphatic rings. The molecule has 1 unspecified atom stereocenters. The van der Waals surface area contributed by atoms with Gasteiger partial charge < -0.3 is 9.84 Å². The topological polar surface area (TPSA) is 46.5 Å². The quantitative estimate of drug-likeness (QED) is 0.409. The molecular weight excluding hydrogens is 131 g/mol. The summed E-state index contributed by atoms with van der Waals surface area (Å²) in [5.74, 6) is -1.99. The summed E-state index contributed by atoms with van der Waals surface area (Å²) in [7, 11) is 1.28. The average molecular weight is 142 g/mol. The monoisotopic (exact) mass is 142 g/mol. The zero-order valence-corrected chi connectivity index (χ0v) is 5.26. The molecule has 0 amide bonds. The van der Waals surface area contributed by atoms with Crippen molar-refractivity contribution in [3.05, 3.63) is 0 Å². The van der Waals surface area contributed by atoms with Crippen LogP contribution in [0.25, 0.3) is 0 Å². The molecule has 1 atom stereocenters. The second-order valence-corrected chi connectivity index (χ2v) is 1.74. The summed E-state index contributed by atoms with van der Waals surface area (Å²) in [6, 6.07) is 0. The number of ether oxygens (including phenoxy) is 1. The Morgan fingerprint density at radius 2 is 2.00 bits per heavy atom. The molecule has 3 nitrogen and oxygen atoms in total. The van der Waals surface area contributed by atoms with Crippen molar-refractivity contribution in [1.82, 2.24) is 0 Å². The summed E-state index contributed by atoms with van der Waals surface area (Å²) in [5.41, 5.74) is 0. The van der Waals surface area contributed by atoms with Crippen LogP contribution in [0.3, 0.4) is 0 Å². The van der Waals surface area contributed by atoms with Crippen LogP contribution < -0.4 is 0 Å². The van der Waals surface area contributed by atoms with Crippen LogP contribution in [0.5, 0.6) is 0 Å². The van der Waals surface area contributed by atoms with Crippen molar-refractivity contribution < 1.29 is 14.6 Å². The number of carbonyl (C=O) groups excluding carboxylic acids is 1. The van der Waals surface area contributed by atoms with Gasteiger partial charge in [-0.05, 0) is 6.92 Å². The van der Waals surface area contributed by atoms with Crippen molar-refractivity contribution in [1.29, 1.82) is 0 Å². The zero-order chi connectivity index (χ0) is 6.78. The fourth-order valence-corrected chi connectivity index (χ4v) is 0.144. The van der Waals surface area contributed by atoms with Gasteiger partial charge in [0.2, 0.25) is 5.79 Å². The van der Waals surface area contributed by atoms with E-state index in [1.807, 2.05) is 0 Å². The van der Waals surface area contributed by atoms with Crippen molar-refractivity contribution in [3.8, 4) is 0 Å². The summed E-state index contributed by atoms with van der Waals surface area (Å²) in [6.07, 6.45) is 0. The molecule has 4 heteroatoms. The SMILES string of the molecule is COC(C)(O)C(C)=O.[NaH]. The molecule has 0 saturated carbocycles. The predicted octanol–water partition coefficient (Wildman–Crippen LogP) is -0.718. The molecule has 9 heavy (non-hydrogen) atoms. The number of hydrogen-bond acceptors (Lipinski definition) is 3. The second-order valence-electron chi connectivity index (χ2n) is 1.74. The Hall–Kier alpha value is 0.590. The van der Waals surface area contributed by atoms with Crippen molar-refractivity contribution in [2.45, 2.75) is 19.6 Å². The minimum atomic E-state index is -1.60. The van der Waals surface area contributed by atoms with Gasteiger partial charge in [-0.3, -0.25) is 4.79 Å². The Kier molecular flexibility index (Phi) is 6.02. The second kappa shape index (κ2) is 4.41. The van der Waals surface area contributed by atoms with Gasteiger partial charge in [0.1, 0.15) is 0 Å². The van der Waals surface area contributed by atoms with Crippen LogP contribution >= 0.6 is 0 Å². The van der Waals surface area contributed by atoms with Crippen LogP contribution in [0.15, 0.2) is 0 Å². The summed E-state index contributed by atoms with van der Waals surface area (Å²) < 4.78 is 4.41. The molecule has 0 aliphatic carbocycles. The van der Waals surface area contributed by atoms with E-state index in [1.165, 1.54) is 21.0 Å². The Labute approximate surface area is 76.7 Å². The number of Topliss-reactive ketones (excluding diaryl/α,β-unsaturated/α-hetero) is 1. The molecule has 0 aromatic carbocycles. The van der Waals surface area contributed by atoms with Crippen LogP contribution in [-0.4, -0.2) is 53.3 Å². The molecule has 0 aromatic heterocycles. The van der Waals surface area contributed by atoms with Gasteiger partial charge in [0.15, 0.2) is 5.78 Å². The fourth-order valence-electron chi connectivity index (χ4n) is 0.144. The van der Waals surface area contributed by atoms with E-state index in [1.54, 1.807) is 0 Å². The van der Waals surface area contributed by atoms with Gasteiger partial charge in [-0.25, -0.2) is 0 Å². The average Bonchev–Trinajstić information content (AvgIpc) is 1.67. The summed E-state index contributed by atoms with van der Waals surface area (Å²) in [5, 5.41) is 8.83. The van der Waals surface area contributed by atoms with Gasteiger partial charge in [0.05, 0.1) is 0 Å². The van der Waals surface area contributed by atoms with Crippen molar-refractivity contribution in [2.24, 2.45) is 0 Å². The van der Waals surface area contributed by atoms with Gasteiger partial charge in [0.25, 0.3) is 0 Å². The molecule has 0 aliphatic heterocycles.